The highest BCUT2D eigenvalue weighted by molar-refractivity contribution is 5.79. The average molecular weight is 387 g/mol. The first-order valence-electron chi connectivity index (χ1n) is 9.59. The van der Waals surface area contributed by atoms with Crippen molar-refractivity contribution in [1.29, 1.82) is 0 Å². The van der Waals surface area contributed by atoms with E-state index in [0.29, 0.717) is 6.04 Å². The van der Waals surface area contributed by atoms with Crippen LogP contribution in [0, 0.1) is 0 Å². The summed E-state index contributed by atoms with van der Waals surface area (Å²) in [4.78, 5) is 6.77. The maximum Gasteiger partial charge on any atom is 0.191 e. The summed E-state index contributed by atoms with van der Waals surface area (Å²) in [6.45, 7) is 4.47. The number of ether oxygens (including phenoxy) is 2. The third-order valence-electron chi connectivity index (χ3n) is 4.85. The number of likely N-dealkylation sites (tertiary alicyclic amines) is 1. The molecular formula is C20H30N6O2. The molecule has 1 aliphatic heterocycles. The number of benzene rings is 1. The Kier molecular flexibility index (Phi) is 7.13. The van der Waals surface area contributed by atoms with E-state index in [2.05, 4.69) is 37.8 Å². The lowest BCUT2D eigenvalue weighted by atomic mass is 10.2. The maximum absolute atomic E-state index is 5.37. The smallest absolute Gasteiger partial charge is 0.191 e. The second-order valence-corrected chi connectivity index (χ2v) is 6.85. The van der Waals surface area contributed by atoms with Crippen LogP contribution in [0.1, 0.15) is 12.0 Å². The maximum atomic E-state index is 5.37. The van der Waals surface area contributed by atoms with E-state index in [1.165, 1.54) is 5.56 Å². The Morgan fingerprint density at radius 2 is 2.04 bits per heavy atom. The number of guanidine groups is 1. The molecule has 1 saturated heterocycles. The highest BCUT2D eigenvalue weighted by Crippen LogP contribution is 2.24. The fourth-order valence-corrected chi connectivity index (χ4v) is 3.42. The van der Waals surface area contributed by atoms with E-state index in [1.807, 2.05) is 23.0 Å². The molecule has 3 rings (SSSR count). The summed E-state index contributed by atoms with van der Waals surface area (Å²) in [6.07, 6.45) is 4.83. The van der Waals surface area contributed by atoms with Gasteiger partial charge in [0.25, 0.3) is 0 Å². The molecule has 0 spiro atoms. The highest BCUT2D eigenvalue weighted by Gasteiger charge is 2.23. The molecule has 1 aromatic heterocycles. The monoisotopic (exact) mass is 386 g/mol. The van der Waals surface area contributed by atoms with Gasteiger partial charge in [-0.1, -0.05) is 0 Å². The lowest BCUT2D eigenvalue weighted by molar-refractivity contribution is 0.321. The molecule has 1 aromatic carbocycles. The molecule has 28 heavy (non-hydrogen) atoms. The Labute approximate surface area is 166 Å². The van der Waals surface area contributed by atoms with Crippen LogP contribution in [-0.2, 0) is 13.1 Å². The zero-order chi connectivity index (χ0) is 19.8. The summed E-state index contributed by atoms with van der Waals surface area (Å²) in [5.41, 5.74) is 1.19. The van der Waals surface area contributed by atoms with Crippen LogP contribution in [0.2, 0.25) is 0 Å². The number of nitrogens with one attached hydrogen (secondary N) is 2. The van der Waals surface area contributed by atoms with Crippen LogP contribution >= 0.6 is 0 Å². The van der Waals surface area contributed by atoms with Gasteiger partial charge in [-0.3, -0.25) is 14.6 Å². The van der Waals surface area contributed by atoms with Crippen LogP contribution in [0.4, 0.5) is 0 Å². The average Bonchev–Trinajstić information content (AvgIpc) is 3.39. The molecule has 0 aliphatic carbocycles. The molecule has 1 fully saturated rings. The van der Waals surface area contributed by atoms with Gasteiger partial charge in [-0.05, 0) is 30.2 Å². The van der Waals surface area contributed by atoms with Gasteiger partial charge >= 0.3 is 0 Å². The van der Waals surface area contributed by atoms with Gasteiger partial charge < -0.3 is 20.1 Å². The first kappa shape index (κ1) is 20.0. The first-order valence-corrected chi connectivity index (χ1v) is 9.59. The topological polar surface area (TPSA) is 75.9 Å². The van der Waals surface area contributed by atoms with Crippen LogP contribution in [0.15, 0.2) is 41.7 Å². The predicted molar refractivity (Wildman–Crippen MR) is 110 cm³/mol. The number of aromatic nitrogens is 2. The third kappa shape index (κ3) is 5.63. The van der Waals surface area contributed by atoms with Gasteiger partial charge in [0, 0.05) is 57.7 Å². The van der Waals surface area contributed by atoms with Crippen molar-refractivity contribution in [2.24, 2.45) is 4.99 Å². The molecule has 1 atom stereocenters. The summed E-state index contributed by atoms with van der Waals surface area (Å²) < 4.78 is 12.6. The quantitative estimate of drug-likeness (QED) is 0.527. The fourth-order valence-electron chi connectivity index (χ4n) is 3.42. The Morgan fingerprint density at radius 3 is 2.68 bits per heavy atom. The van der Waals surface area contributed by atoms with Crippen molar-refractivity contribution in [3.8, 4) is 11.5 Å². The van der Waals surface area contributed by atoms with E-state index in [0.717, 1.165) is 56.6 Å². The molecule has 1 aliphatic rings. The largest absolute Gasteiger partial charge is 0.497 e. The van der Waals surface area contributed by atoms with Crippen molar-refractivity contribution in [3.63, 3.8) is 0 Å². The number of nitrogens with zero attached hydrogens (tertiary/aromatic N) is 4. The molecule has 1 unspecified atom stereocenters. The van der Waals surface area contributed by atoms with E-state index >= 15 is 0 Å². The predicted octanol–water partition coefficient (Wildman–Crippen LogP) is 1.34. The molecule has 0 amide bonds. The lowest BCUT2D eigenvalue weighted by Gasteiger charge is -2.19. The molecule has 0 bridgehead atoms. The van der Waals surface area contributed by atoms with Crippen LogP contribution in [0.3, 0.4) is 0 Å². The summed E-state index contributed by atoms with van der Waals surface area (Å²) in [7, 11) is 5.16. The van der Waals surface area contributed by atoms with Crippen molar-refractivity contribution in [3.05, 3.63) is 42.2 Å². The number of rotatable bonds is 8. The molecule has 8 heteroatoms. The zero-order valence-electron chi connectivity index (χ0n) is 16.9. The van der Waals surface area contributed by atoms with Crippen LogP contribution < -0.4 is 20.1 Å². The Bertz CT molecular complexity index is 740. The van der Waals surface area contributed by atoms with E-state index in [1.54, 1.807) is 27.5 Å². The van der Waals surface area contributed by atoms with Gasteiger partial charge in [-0.25, -0.2) is 0 Å². The summed E-state index contributed by atoms with van der Waals surface area (Å²) >= 11 is 0. The molecule has 2 heterocycles. The van der Waals surface area contributed by atoms with E-state index < -0.39 is 0 Å². The first-order chi connectivity index (χ1) is 13.7. The summed E-state index contributed by atoms with van der Waals surface area (Å²) in [5.74, 6) is 2.48. The van der Waals surface area contributed by atoms with Crippen molar-refractivity contribution >= 4 is 5.96 Å². The minimum Gasteiger partial charge on any atom is -0.497 e. The van der Waals surface area contributed by atoms with Crippen molar-refractivity contribution in [1.82, 2.24) is 25.3 Å². The zero-order valence-corrected chi connectivity index (χ0v) is 16.9. The minimum absolute atomic E-state index is 0.378. The number of hydrogen-bond donors (Lipinski definition) is 2. The Balaban J connectivity index is 1.46. The standard InChI is InChI=1S/C20H30N6O2/c1-21-20(22-7-10-26-8-4-6-23-26)24-17-5-9-25(15-17)14-16-11-18(27-2)13-19(12-16)28-3/h4,6,8,11-13,17H,5,7,9-10,14-15H2,1-3H3,(H2,21,22,24). The number of aliphatic imine (C=N–C) groups is 1. The van der Waals surface area contributed by atoms with Crippen LogP contribution in [-0.4, -0.2) is 67.6 Å². The van der Waals surface area contributed by atoms with Gasteiger partial charge in [-0.15, -0.1) is 0 Å². The Morgan fingerprint density at radius 1 is 1.25 bits per heavy atom. The number of methoxy groups -OCH3 is 2. The molecule has 0 saturated carbocycles. The third-order valence-corrected chi connectivity index (χ3v) is 4.85. The van der Waals surface area contributed by atoms with Crippen molar-refractivity contribution in [2.45, 2.75) is 25.6 Å². The molecular weight excluding hydrogens is 356 g/mol. The highest BCUT2D eigenvalue weighted by atomic mass is 16.5. The molecule has 8 nitrogen and oxygen atoms in total. The van der Waals surface area contributed by atoms with E-state index in [-0.39, 0.29) is 0 Å². The van der Waals surface area contributed by atoms with E-state index in [9.17, 15) is 0 Å². The molecule has 2 aromatic rings. The normalized spacial score (nSPS) is 17.5. The van der Waals surface area contributed by atoms with Gasteiger partial charge in [0.15, 0.2) is 5.96 Å². The Hall–Kier alpha value is -2.74. The van der Waals surface area contributed by atoms with Gasteiger partial charge in [0.05, 0.1) is 20.8 Å². The van der Waals surface area contributed by atoms with Gasteiger partial charge in [-0.2, -0.15) is 5.10 Å². The SMILES string of the molecule is CN=C(NCCn1cccn1)NC1CCN(Cc2cc(OC)cc(OC)c2)C1. The van der Waals surface area contributed by atoms with Crippen molar-refractivity contribution < 1.29 is 9.47 Å². The lowest BCUT2D eigenvalue weighted by Crippen LogP contribution is -2.45. The second kappa shape index (κ2) is 9.98. The molecule has 152 valence electrons. The minimum atomic E-state index is 0.378. The second-order valence-electron chi connectivity index (χ2n) is 6.85. The van der Waals surface area contributed by atoms with Gasteiger partial charge in [0.2, 0.25) is 0 Å². The molecule has 2 N–H and O–H groups in total. The molecule has 0 radical (unpaired) electrons. The fraction of sp³-hybridized carbons (Fsp3) is 0.500. The van der Waals surface area contributed by atoms with Crippen LogP contribution in [0.25, 0.3) is 0 Å². The van der Waals surface area contributed by atoms with Crippen molar-refractivity contribution in [2.75, 3.05) is 40.9 Å². The summed E-state index contributed by atoms with van der Waals surface area (Å²) in [6, 6.07) is 8.34. The van der Waals surface area contributed by atoms with Crippen LogP contribution in [0.5, 0.6) is 11.5 Å². The summed E-state index contributed by atoms with van der Waals surface area (Å²) in [5, 5.41) is 11.1. The van der Waals surface area contributed by atoms with E-state index in [4.69, 9.17) is 9.47 Å². The number of hydrogen-bond acceptors (Lipinski definition) is 5. The van der Waals surface area contributed by atoms with Gasteiger partial charge in [0.1, 0.15) is 11.5 Å².